The first-order valence-corrected chi connectivity index (χ1v) is 31.1. The van der Waals surface area contributed by atoms with Crippen LogP contribution in [0.5, 0.6) is 0 Å². The minimum Gasteiger partial charge on any atom is -0.394 e. The number of aliphatic hydroxyl groups is 2. The van der Waals surface area contributed by atoms with Gasteiger partial charge in [0.05, 0.1) is 18.8 Å². The molecule has 3 N–H and O–H groups in total. The van der Waals surface area contributed by atoms with Gasteiger partial charge in [0.15, 0.2) is 0 Å². The van der Waals surface area contributed by atoms with Gasteiger partial charge in [-0.25, -0.2) is 0 Å². The standard InChI is InChI=1S/C63H123NO3/c1-3-5-7-9-11-13-15-17-19-21-23-25-27-29-31-33-34-36-38-40-42-44-46-48-50-52-54-56-58-62(66)61(60-65)64-63(67)59-57-55-53-51-49-47-45-43-41-39-37-35-32-30-28-26-24-22-20-18-16-14-12-10-8-6-4-2/h22,24,56,58,61-62,65-66H,3-21,23,25-55,57,59-60H2,1-2H3,(H,64,67)/b24-22-,58-56+. The average molecular weight is 943 g/mol. The van der Waals surface area contributed by atoms with Crippen LogP contribution in [0, 0.1) is 0 Å². The second kappa shape index (κ2) is 59.2. The summed E-state index contributed by atoms with van der Waals surface area (Å²) in [5.41, 5.74) is 0. The van der Waals surface area contributed by atoms with Crippen LogP contribution < -0.4 is 5.32 Å². The third-order valence-corrected chi connectivity index (χ3v) is 14.7. The first kappa shape index (κ1) is 65.9. The molecule has 2 atom stereocenters. The lowest BCUT2D eigenvalue weighted by Crippen LogP contribution is -2.45. The molecular formula is C63H123NO3. The minimum atomic E-state index is -0.838. The average Bonchev–Trinajstić information content (AvgIpc) is 3.33. The molecule has 67 heavy (non-hydrogen) atoms. The predicted octanol–water partition coefficient (Wildman–Crippen LogP) is 20.7. The lowest BCUT2D eigenvalue weighted by atomic mass is 10.0. The zero-order valence-electron chi connectivity index (χ0n) is 46.0. The van der Waals surface area contributed by atoms with Gasteiger partial charge in [-0.05, 0) is 44.9 Å². The monoisotopic (exact) mass is 942 g/mol. The van der Waals surface area contributed by atoms with Crippen molar-refractivity contribution in [3.63, 3.8) is 0 Å². The van der Waals surface area contributed by atoms with Crippen LogP contribution in [0.2, 0.25) is 0 Å². The number of rotatable bonds is 58. The molecule has 4 nitrogen and oxygen atoms in total. The van der Waals surface area contributed by atoms with Crippen molar-refractivity contribution < 1.29 is 15.0 Å². The molecule has 0 rings (SSSR count). The molecule has 4 heteroatoms. The Morgan fingerprint density at radius 2 is 0.567 bits per heavy atom. The first-order valence-electron chi connectivity index (χ1n) is 31.1. The van der Waals surface area contributed by atoms with E-state index in [-0.39, 0.29) is 12.5 Å². The molecule has 0 aromatic carbocycles. The van der Waals surface area contributed by atoms with E-state index in [1.807, 2.05) is 6.08 Å². The highest BCUT2D eigenvalue weighted by Gasteiger charge is 2.18. The minimum absolute atomic E-state index is 0.0568. The van der Waals surface area contributed by atoms with E-state index in [9.17, 15) is 15.0 Å². The van der Waals surface area contributed by atoms with E-state index < -0.39 is 12.1 Å². The Bertz CT molecular complexity index is 978. The maximum absolute atomic E-state index is 12.5. The fraction of sp³-hybridized carbons (Fsp3) is 0.921. The number of hydrogen-bond acceptors (Lipinski definition) is 3. The Kier molecular flexibility index (Phi) is 58.2. The van der Waals surface area contributed by atoms with Gasteiger partial charge in [0.25, 0.3) is 0 Å². The highest BCUT2D eigenvalue weighted by atomic mass is 16.3. The summed E-state index contributed by atoms with van der Waals surface area (Å²) in [7, 11) is 0. The van der Waals surface area contributed by atoms with E-state index in [2.05, 4.69) is 31.3 Å². The fourth-order valence-corrected chi connectivity index (χ4v) is 9.94. The van der Waals surface area contributed by atoms with Crippen LogP contribution in [0.4, 0.5) is 0 Å². The van der Waals surface area contributed by atoms with Gasteiger partial charge in [0, 0.05) is 6.42 Å². The van der Waals surface area contributed by atoms with E-state index in [0.29, 0.717) is 6.42 Å². The third kappa shape index (κ3) is 55.7. The Hall–Kier alpha value is -1.13. The molecule has 0 fully saturated rings. The number of allylic oxidation sites excluding steroid dienone is 3. The summed E-state index contributed by atoms with van der Waals surface area (Å²) in [4.78, 5) is 12.5. The number of amides is 1. The summed E-state index contributed by atoms with van der Waals surface area (Å²) in [5.74, 6) is -0.0568. The molecule has 2 unspecified atom stereocenters. The molecule has 0 aliphatic heterocycles. The lowest BCUT2D eigenvalue weighted by molar-refractivity contribution is -0.123. The molecule has 0 aliphatic carbocycles. The Morgan fingerprint density at radius 1 is 0.343 bits per heavy atom. The van der Waals surface area contributed by atoms with Gasteiger partial charge in [-0.1, -0.05) is 327 Å². The van der Waals surface area contributed by atoms with Crippen molar-refractivity contribution >= 4 is 5.91 Å². The summed E-state index contributed by atoms with van der Waals surface area (Å²) in [6.07, 6.45) is 79.4. The third-order valence-electron chi connectivity index (χ3n) is 14.7. The van der Waals surface area contributed by atoms with Crippen molar-refractivity contribution in [2.45, 2.75) is 366 Å². The van der Waals surface area contributed by atoms with Crippen LogP contribution >= 0.6 is 0 Å². The van der Waals surface area contributed by atoms with Crippen LogP contribution in [0.25, 0.3) is 0 Å². The summed E-state index contributed by atoms with van der Waals surface area (Å²) >= 11 is 0. The van der Waals surface area contributed by atoms with E-state index in [1.165, 1.54) is 308 Å². The highest BCUT2D eigenvalue weighted by Crippen LogP contribution is 2.18. The molecule has 0 radical (unpaired) electrons. The van der Waals surface area contributed by atoms with E-state index >= 15 is 0 Å². The van der Waals surface area contributed by atoms with Crippen LogP contribution in [-0.4, -0.2) is 34.9 Å². The van der Waals surface area contributed by atoms with E-state index in [0.717, 1.165) is 25.7 Å². The van der Waals surface area contributed by atoms with Gasteiger partial charge in [0.1, 0.15) is 0 Å². The summed E-state index contributed by atoms with van der Waals surface area (Å²) < 4.78 is 0. The number of nitrogens with one attached hydrogen (secondary N) is 1. The van der Waals surface area contributed by atoms with E-state index in [1.54, 1.807) is 6.08 Å². The molecule has 0 aromatic heterocycles. The second-order valence-electron chi connectivity index (χ2n) is 21.5. The zero-order valence-corrected chi connectivity index (χ0v) is 46.0. The maximum Gasteiger partial charge on any atom is 0.220 e. The quantitative estimate of drug-likeness (QED) is 0.0420. The smallest absolute Gasteiger partial charge is 0.220 e. The molecule has 398 valence electrons. The normalized spacial score (nSPS) is 12.8. The molecule has 0 heterocycles. The highest BCUT2D eigenvalue weighted by molar-refractivity contribution is 5.76. The van der Waals surface area contributed by atoms with Gasteiger partial charge >= 0.3 is 0 Å². The van der Waals surface area contributed by atoms with Gasteiger partial charge in [-0.2, -0.15) is 0 Å². The summed E-state index contributed by atoms with van der Waals surface area (Å²) in [5, 5.41) is 23.2. The molecule has 0 saturated carbocycles. The summed E-state index contributed by atoms with van der Waals surface area (Å²) in [6, 6.07) is -0.621. The SMILES string of the molecule is CCCCCCCCCC/C=C\CCCCCCCCCCCCCCCCCC(=O)NC(CO)C(O)/C=C/CCCCCCCCCCCCCCCCCCCCCCCCCCCC. The van der Waals surface area contributed by atoms with Crippen molar-refractivity contribution in [2.75, 3.05) is 6.61 Å². The first-order chi connectivity index (χ1) is 33.2. The topological polar surface area (TPSA) is 69.6 Å². The number of unbranched alkanes of at least 4 members (excludes halogenated alkanes) is 49. The van der Waals surface area contributed by atoms with Crippen LogP contribution in [0.1, 0.15) is 354 Å². The molecule has 0 aliphatic rings. The molecule has 0 saturated heterocycles. The van der Waals surface area contributed by atoms with Crippen molar-refractivity contribution in [2.24, 2.45) is 0 Å². The van der Waals surface area contributed by atoms with E-state index in [4.69, 9.17) is 0 Å². The number of aliphatic hydroxyl groups excluding tert-OH is 2. The molecule has 0 spiro atoms. The van der Waals surface area contributed by atoms with Crippen molar-refractivity contribution in [3.8, 4) is 0 Å². The lowest BCUT2D eigenvalue weighted by Gasteiger charge is -2.20. The van der Waals surface area contributed by atoms with Crippen molar-refractivity contribution in [3.05, 3.63) is 24.3 Å². The van der Waals surface area contributed by atoms with Gasteiger partial charge in [-0.3, -0.25) is 4.79 Å². The molecular weight excluding hydrogens is 819 g/mol. The molecule has 1 amide bonds. The molecule has 0 aromatic rings. The van der Waals surface area contributed by atoms with Crippen LogP contribution in [0.15, 0.2) is 24.3 Å². The Morgan fingerprint density at radius 3 is 0.821 bits per heavy atom. The largest absolute Gasteiger partial charge is 0.394 e. The molecule has 0 bridgehead atoms. The van der Waals surface area contributed by atoms with Crippen molar-refractivity contribution in [1.82, 2.24) is 5.32 Å². The number of carbonyl (C=O) groups excluding carboxylic acids is 1. The van der Waals surface area contributed by atoms with Gasteiger partial charge < -0.3 is 15.5 Å². The van der Waals surface area contributed by atoms with Gasteiger partial charge in [-0.15, -0.1) is 0 Å². The Labute approximate surface area is 421 Å². The zero-order chi connectivity index (χ0) is 48.5. The van der Waals surface area contributed by atoms with Gasteiger partial charge in [0.2, 0.25) is 5.91 Å². The number of hydrogen-bond donors (Lipinski definition) is 3. The second-order valence-corrected chi connectivity index (χ2v) is 21.5. The van der Waals surface area contributed by atoms with Crippen molar-refractivity contribution in [1.29, 1.82) is 0 Å². The predicted molar refractivity (Wildman–Crippen MR) is 299 cm³/mol. The summed E-state index contributed by atoms with van der Waals surface area (Å²) in [6.45, 7) is 4.35. The fourth-order valence-electron chi connectivity index (χ4n) is 9.94. The van der Waals surface area contributed by atoms with Crippen LogP contribution in [0.3, 0.4) is 0 Å². The Balaban J connectivity index is 3.44. The maximum atomic E-state index is 12.5. The van der Waals surface area contributed by atoms with Crippen LogP contribution in [-0.2, 0) is 4.79 Å². The number of carbonyl (C=O) groups is 1.